The van der Waals surface area contributed by atoms with Crippen molar-refractivity contribution in [3.8, 4) is 11.5 Å². The van der Waals surface area contributed by atoms with Crippen LogP contribution < -0.4 is 20.1 Å². The van der Waals surface area contributed by atoms with E-state index in [-0.39, 0.29) is 0 Å². The molecular weight excluding hydrogens is 332 g/mol. The maximum Gasteiger partial charge on any atom is 0.328 e. The largest absolute Gasteiger partial charge is 0.493 e. The van der Waals surface area contributed by atoms with Gasteiger partial charge in [-0.15, -0.1) is 0 Å². The summed E-state index contributed by atoms with van der Waals surface area (Å²) in [6, 6.07) is 4.29. The van der Waals surface area contributed by atoms with Crippen LogP contribution in [-0.2, 0) is 16.1 Å². The Morgan fingerprint density at radius 1 is 1.17 bits per heavy atom. The lowest BCUT2D eigenvalue weighted by molar-refractivity contribution is -0.142. The zero-order valence-corrected chi connectivity index (χ0v) is 15.2. The van der Waals surface area contributed by atoms with E-state index >= 15 is 0 Å². The number of methoxy groups -OCH3 is 3. The average molecular weight is 356 g/mol. The fourth-order valence-corrected chi connectivity index (χ4v) is 2.48. The third-order valence-corrected chi connectivity index (χ3v) is 3.95. The summed E-state index contributed by atoms with van der Waals surface area (Å²) in [5, 5.41) is 5.34. The molecule has 7 nitrogen and oxygen atoms in total. The second-order valence-corrected chi connectivity index (χ2v) is 5.86. The van der Waals surface area contributed by atoms with Crippen LogP contribution in [0.5, 0.6) is 11.5 Å². The molecule has 1 unspecified atom stereocenters. The van der Waals surface area contributed by atoms with Crippen LogP contribution in [-0.4, -0.2) is 51.4 Å². The molecule has 2 amide bonds. The zero-order valence-electron chi connectivity index (χ0n) is 14.4. The van der Waals surface area contributed by atoms with Crippen molar-refractivity contribution >= 4 is 23.8 Å². The number of benzene rings is 1. The third kappa shape index (κ3) is 6.19. The summed E-state index contributed by atoms with van der Waals surface area (Å²) < 4.78 is 15.1. The van der Waals surface area contributed by atoms with Crippen molar-refractivity contribution in [1.29, 1.82) is 0 Å². The number of nitrogens with one attached hydrogen (secondary N) is 2. The van der Waals surface area contributed by atoms with E-state index in [1.165, 1.54) is 7.11 Å². The summed E-state index contributed by atoms with van der Waals surface area (Å²) in [6.45, 7) is 0.294. The Bertz CT molecular complexity index is 553. The van der Waals surface area contributed by atoms with Crippen molar-refractivity contribution in [2.45, 2.75) is 19.0 Å². The van der Waals surface area contributed by atoms with Crippen molar-refractivity contribution in [3.63, 3.8) is 0 Å². The van der Waals surface area contributed by atoms with E-state index in [1.54, 1.807) is 38.1 Å². The normalized spacial score (nSPS) is 11.3. The van der Waals surface area contributed by atoms with Gasteiger partial charge in [-0.2, -0.15) is 11.8 Å². The fraction of sp³-hybridized carbons (Fsp3) is 0.500. The van der Waals surface area contributed by atoms with Crippen LogP contribution >= 0.6 is 11.8 Å². The highest BCUT2D eigenvalue weighted by atomic mass is 32.2. The molecule has 0 aliphatic rings. The molecule has 0 heterocycles. The first-order valence-electron chi connectivity index (χ1n) is 7.37. The quantitative estimate of drug-likeness (QED) is 0.656. The first-order valence-corrected chi connectivity index (χ1v) is 8.77. The molecule has 0 aliphatic carbocycles. The first-order chi connectivity index (χ1) is 11.5. The van der Waals surface area contributed by atoms with E-state index in [1.807, 2.05) is 12.3 Å². The van der Waals surface area contributed by atoms with Gasteiger partial charge in [-0.05, 0) is 36.1 Å². The van der Waals surface area contributed by atoms with Crippen LogP contribution in [0.2, 0.25) is 0 Å². The highest BCUT2D eigenvalue weighted by Crippen LogP contribution is 2.27. The average Bonchev–Trinajstić information content (AvgIpc) is 2.62. The number of hydrogen-bond donors (Lipinski definition) is 2. The van der Waals surface area contributed by atoms with Gasteiger partial charge in [0.15, 0.2) is 11.5 Å². The number of carbonyl (C=O) groups excluding carboxylic acids is 2. The van der Waals surface area contributed by atoms with Gasteiger partial charge in [0.05, 0.1) is 21.3 Å². The SMILES string of the molecule is COC(=O)C(CCSC)NC(=O)NCc1ccc(OC)c(OC)c1. The number of hydrogen-bond acceptors (Lipinski definition) is 6. The van der Waals surface area contributed by atoms with E-state index in [0.29, 0.717) is 24.5 Å². The minimum Gasteiger partial charge on any atom is -0.493 e. The maximum absolute atomic E-state index is 12.0. The Balaban J connectivity index is 2.59. The van der Waals surface area contributed by atoms with Crippen LogP contribution in [0.15, 0.2) is 18.2 Å². The molecule has 0 aliphatic heterocycles. The van der Waals surface area contributed by atoms with Crippen LogP contribution in [0.4, 0.5) is 4.79 Å². The Hall–Kier alpha value is -2.09. The van der Waals surface area contributed by atoms with Gasteiger partial charge >= 0.3 is 12.0 Å². The van der Waals surface area contributed by atoms with Crippen LogP contribution in [0.1, 0.15) is 12.0 Å². The number of urea groups is 1. The summed E-state index contributed by atoms with van der Waals surface area (Å²) in [7, 11) is 4.41. The van der Waals surface area contributed by atoms with Crippen LogP contribution in [0.25, 0.3) is 0 Å². The van der Waals surface area contributed by atoms with Gasteiger partial charge in [0.2, 0.25) is 0 Å². The fourth-order valence-electron chi connectivity index (χ4n) is 2.01. The highest BCUT2D eigenvalue weighted by molar-refractivity contribution is 7.98. The Labute approximate surface area is 146 Å². The molecule has 1 aromatic carbocycles. The van der Waals surface area contributed by atoms with E-state index in [2.05, 4.69) is 10.6 Å². The Morgan fingerprint density at radius 3 is 2.46 bits per heavy atom. The standard InChI is InChI=1S/C16H24N2O5S/c1-21-13-6-5-11(9-14(13)22-2)10-17-16(20)18-12(7-8-24-4)15(19)23-3/h5-6,9,12H,7-8,10H2,1-4H3,(H2,17,18,20). The molecule has 1 rings (SSSR count). The lowest BCUT2D eigenvalue weighted by atomic mass is 10.2. The van der Waals surface area contributed by atoms with E-state index in [4.69, 9.17) is 14.2 Å². The molecule has 0 spiro atoms. The molecule has 2 N–H and O–H groups in total. The highest BCUT2D eigenvalue weighted by Gasteiger charge is 2.20. The summed E-state index contributed by atoms with van der Waals surface area (Å²) in [6.07, 6.45) is 2.45. The van der Waals surface area contributed by atoms with E-state index in [0.717, 1.165) is 11.3 Å². The van der Waals surface area contributed by atoms with Gasteiger partial charge in [-0.25, -0.2) is 9.59 Å². The minimum atomic E-state index is -0.659. The monoisotopic (exact) mass is 356 g/mol. The number of carbonyl (C=O) groups is 2. The van der Waals surface area contributed by atoms with Crippen molar-refractivity contribution < 1.29 is 23.8 Å². The van der Waals surface area contributed by atoms with Crippen molar-refractivity contribution in [1.82, 2.24) is 10.6 Å². The summed E-state index contributed by atoms with van der Waals surface area (Å²) in [5.74, 6) is 1.50. The van der Waals surface area contributed by atoms with E-state index < -0.39 is 18.0 Å². The number of thioether (sulfide) groups is 1. The predicted molar refractivity (Wildman–Crippen MR) is 93.7 cm³/mol. The maximum atomic E-state index is 12.0. The van der Waals surface area contributed by atoms with Gasteiger partial charge < -0.3 is 24.8 Å². The molecule has 24 heavy (non-hydrogen) atoms. The molecule has 1 aromatic rings. The summed E-state index contributed by atoms with van der Waals surface area (Å²) in [4.78, 5) is 23.7. The van der Waals surface area contributed by atoms with Gasteiger partial charge in [0, 0.05) is 6.54 Å². The van der Waals surface area contributed by atoms with Gasteiger partial charge in [-0.1, -0.05) is 6.07 Å². The molecule has 0 radical (unpaired) electrons. The zero-order chi connectivity index (χ0) is 17.9. The lowest BCUT2D eigenvalue weighted by Crippen LogP contribution is -2.46. The number of amides is 2. The number of esters is 1. The van der Waals surface area contributed by atoms with Crippen molar-refractivity contribution in [3.05, 3.63) is 23.8 Å². The van der Waals surface area contributed by atoms with Gasteiger partial charge in [0.25, 0.3) is 0 Å². The minimum absolute atomic E-state index is 0.294. The molecule has 0 bridgehead atoms. The van der Waals surface area contributed by atoms with E-state index in [9.17, 15) is 9.59 Å². The van der Waals surface area contributed by atoms with Crippen molar-refractivity contribution in [2.75, 3.05) is 33.3 Å². The second-order valence-electron chi connectivity index (χ2n) is 4.87. The Morgan fingerprint density at radius 2 is 1.88 bits per heavy atom. The molecule has 0 fully saturated rings. The second kappa shape index (κ2) is 10.6. The smallest absolute Gasteiger partial charge is 0.328 e. The topological polar surface area (TPSA) is 85.9 Å². The predicted octanol–water partition coefficient (Wildman–Crippen LogP) is 1.80. The molecule has 134 valence electrons. The van der Waals surface area contributed by atoms with Crippen LogP contribution in [0.3, 0.4) is 0 Å². The number of rotatable bonds is 9. The first kappa shape index (κ1) is 20.0. The molecule has 8 heteroatoms. The summed E-state index contributed by atoms with van der Waals surface area (Å²) in [5.41, 5.74) is 0.849. The third-order valence-electron chi connectivity index (χ3n) is 3.30. The van der Waals surface area contributed by atoms with Gasteiger partial charge in [-0.3, -0.25) is 0 Å². The van der Waals surface area contributed by atoms with Crippen molar-refractivity contribution in [2.24, 2.45) is 0 Å². The lowest BCUT2D eigenvalue weighted by Gasteiger charge is -2.16. The Kier molecular flexibility index (Phi) is 8.85. The van der Waals surface area contributed by atoms with Crippen LogP contribution in [0, 0.1) is 0 Å². The number of ether oxygens (including phenoxy) is 3. The molecule has 1 atom stereocenters. The molecule has 0 saturated carbocycles. The van der Waals surface area contributed by atoms with Gasteiger partial charge in [0.1, 0.15) is 6.04 Å². The molecule has 0 aromatic heterocycles. The molecular formula is C16H24N2O5S. The molecule has 0 saturated heterocycles. The summed E-state index contributed by atoms with van der Waals surface area (Å²) >= 11 is 1.60.